The van der Waals surface area contributed by atoms with E-state index < -0.39 is 23.2 Å². The Hall–Kier alpha value is -1.69. The Labute approximate surface area is 110 Å². The summed E-state index contributed by atoms with van der Waals surface area (Å²) in [5.74, 6) is -2.40. The molecular formula is C13H18F2N2O2. The molecule has 4 nitrogen and oxygen atoms in total. The Morgan fingerprint density at radius 3 is 2.53 bits per heavy atom. The number of hydrogen-bond acceptors (Lipinski definition) is 3. The van der Waals surface area contributed by atoms with Gasteiger partial charge in [-0.15, -0.1) is 0 Å². The molecular weight excluding hydrogens is 254 g/mol. The van der Waals surface area contributed by atoms with Gasteiger partial charge in [0.25, 0.3) is 5.91 Å². The summed E-state index contributed by atoms with van der Waals surface area (Å²) >= 11 is 0. The van der Waals surface area contributed by atoms with E-state index in [9.17, 15) is 13.6 Å². The second kappa shape index (κ2) is 7.68. The molecule has 106 valence electrons. The molecule has 1 amide bonds. The van der Waals surface area contributed by atoms with E-state index >= 15 is 0 Å². The van der Waals surface area contributed by atoms with Crippen molar-refractivity contribution in [2.45, 2.75) is 19.8 Å². The van der Waals surface area contributed by atoms with Gasteiger partial charge in [-0.1, -0.05) is 6.92 Å². The number of nitrogens with two attached hydrogens (primary N) is 1. The predicted molar refractivity (Wildman–Crippen MR) is 68.8 cm³/mol. The van der Waals surface area contributed by atoms with Crippen LogP contribution in [0.15, 0.2) is 12.1 Å². The molecule has 0 aromatic heterocycles. The van der Waals surface area contributed by atoms with Gasteiger partial charge in [-0.25, -0.2) is 8.78 Å². The number of nitrogen functional groups attached to an aromatic ring is 1. The second-order valence-electron chi connectivity index (χ2n) is 4.08. The van der Waals surface area contributed by atoms with Gasteiger partial charge in [0.2, 0.25) is 0 Å². The largest absolute Gasteiger partial charge is 0.394 e. The zero-order valence-electron chi connectivity index (χ0n) is 10.8. The highest BCUT2D eigenvalue weighted by Crippen LogP contribution is 2.17. The summed E-state index contributed by atoms with van der Waals surface area (Å²) in [6.45, 7) is 3.61. The van der Waals surface area contributed by atoms with Crippen molar-refractivity contribution >= 4 is 11.6 Å². The molecule has 0 bridgehead atoms. The Kier molecular flexibility index (Phi) is 6.21. The van der Waals surface area contributed by atoms with Crippen LogP contribution in [0.1, 0.15) is 30.1 Å². The third kappa shape index (κ3) is 4.82. The van der Waals surface area contributed by atoms with Crippen molar-refractivity contribution in [1.82, 2.24) is 5.32 Å². The second-order valence-corrected chi connectivity index (χ2v) is 4.08. The summed E-state index contributed by atoms with van der Waals surface area (Å²) < 4.78 is 31.6. The number of benzene rings is 1. The van der Waals surface area contributed by atoms with E-state index in [0.717, 1.165) is 18.6 Å². The van der Waals surface area contributed by atoms with Crippen LogP contribution in [0.2, 0.25) is 0 Å². The molecule has 0 unspecified atom stereocenters. The highest BCUT2D eigenvalue weighted by atomic mass is 19.1. The predicted octanol–water partition coefficient (Wildman–Crippen LogP) is 2.09. The minimum Gasteiger partial charge on any atom is -0.394 e. The molecule has 0 aliphatic rings. The monoisotopic (exact) mass is 272 g/mol. The molecule has 6 heteroatoms. The fourth-order valence-electron chi connectivity index (χ4n) is 1.44. The van der Waals surface area contributed by atoms with Crippen LogP contribution in [-0.2, 0) is 4.74 Å². The smallest absolute Gasteiger partial charge is 0.251 e. The van der Waals surface area contributed by atoms with Crippen LogP contribution in [-0.4, -0.2) is 25.7 Å². The number of carbonyl (C=O) groups is 1. The van der Waals surface area contributed by atoms with E-state index in [1.165, 1.54) is 0 Å². The molecule has 1 aromatic carbocycles. The number of halogens is 2. The van der Waals surface area contributed by atoms with Crippen LogP contribution in [0.3, 0.4) is 0 Å². The first-order valence-electron chi connectivity index (χ1n) is 6.16. The molecule has 1 rings (SSSR count). The van der Waals surface area contributed by atoms with Crippen molar-refractivity contribution < 1.29 is 18.3 Å². The summed E-state index contributed by atoms with van der Waals surface area (Å²) in [5.41, 5.74) is 4.46. The van der Waals surface area contributed by atoms with Crippen LogP contribution in [0.4, 0.5) is 14.5 Å². The summed E-state index contributed by atoms with van der Waals surface area (Å²) in [7, 11) is 0. The fraction of sp³-hybridized carbons (Fsp3) is 0.462. The lowest BCUT2D eigenvalue weighted by Crippen LogP contribution is -2.25. The van der Waals surface area contributed by atoms with E-state index in [1.54, 1.807) is 0 Å². The van der Waals surface area contributed by atoms with Gasteiger partial charge in [-0.2, -0.15) is 0 Å². The highest BCUT2D eigenvalue weighted by molar-refractivity contribution is 5.94. The maximum atomic E-state index is 13.2. The molecule has 0 saturated heterocycles. The molecule has 0 aliphatic carbocycles. The average Bonchev–Trinajstić information content (AvgIpc) is 2.39. The van der Waals surface area contributed by atoms with Crippen LogP contribution in [0, 0.1) is 11.6 Å². The summed E-state index contributed by atoms with van der Waals surface area (Å²) in [6.07, 6.45) is 1.59. The van der Waals surface area contributed by atoms with Crippen molar-refractivity contribution in [3.8, 4) is 0 Å². The molecule has 0 atom stereocenters. The topological polar surface area (TPSA) is 64.3 Å². The van der Waals surface area contributed by atoms with E-state index in [2.05, 4.69) is 5.32 Å². The van der Waals surface area contributed by atoms with Gasteiger partial charge < -0.3 is 15.8 Å². The molecule has 0 heterocycles. The number of rotatable bonds is 7. The lowest BCUT2D eigenvalue weighted by atomic mass is 10.1. The normalized spacial score (nSPS) is 10.5. The first-order chi connectivity index (χ1) is 9.06. The van der Waals surface area contributed by atoms with Crippen LogP contribution < -0.4 is 11.1 Å². The van der Waals surface area contributed by atoms with Gasteiger partial charge >= 0.3 is 0 Å². The average molecular weight is 272 g/mol. The van der Waals surface area contributed by atoms with Crippen LogP contribution in [0.25, 0.3) is 0 Å². The van der Waals surface area contributed by atoms with Gasteiger partial charge in [-0.3, -0.25) is 4.79 Å². The molecule has 19 heavy (non-hydrogen) atoms. The Balaban J connectivity index is 2.42. The van der Waals surface area contributed by atoms with Gasteiger partial charge in [0.05, 0.1) is 0 Å². The third-order valence-electron chi connectivity index (χ3n) is 2.44. The van der Waals surface area contributed by atoms with Crippen molar-refractivity contribution in [3.63, 3.8) is 0 Å². The fourth-order valence-corrected chi connectivity index (χ4v) is 1.44. The zero-order valence-corrected chi connectivity index (χ0v) is 10.8. The maximum Gasteiger partial charge on any atom is 0.251 e. The number of amides is 1. The van der Waals surface area contributed by atoms with Crippen molar-refractivity contribution in [2.24, 2.45) is 0 Å². The molecule has 3 N–H and O–H groups in total. The summed E-state index contributed by atoms with van der Waals surface area (Å²) in [4.78, 5) is 11.6. The maximum absolute atomic E-state index is 13.2. The molecule has 0 radical (unpaired) electrons. The SMILES string of the molecule is CCCOCCCNC(=O)c1cc(F)c(N)c(F)c1. The highest BCUT2D eigenvalue weighted by Gasteiger charge is 2.12. The van der Waals surface area contributed by atoms with E-state index in [0.29, 0.717) is 26.2 Å². The van der Waals surface area contributed by atoms with Crippen LogP contribution >= 0.6 is 0 Å². The standard InChI is InChI=1S/C13H18F2N2O2/c1-2-5-19-6-3-4-17-13(18)9-7-10(14)12(16)11(15)8-9/h7-8H,2-6,16H2,1H3,(H,17,18). The number of carbonyl (C=O) groups excluding carboxylic acids is 1. The van der Waals surface area contributed by atoms with Crippen molar-refractivity contribution in [2.75, 3.05) is 25.5 Å². The number of nitrogens with one attached hydrogen (secondary N) is 1. The van der Waals surface area contributed by atoms with Gasteiger partial charge in [0.1, 0.15) is 17.3 Å². The first-order valence-corrected chi connectivity index (χ1v) is 6.16. The number of anilines is 1. The lowest BCUT2D eigenvalue weighted by Gasteiger charge is -2.07. The quantitative estimate of drug-likeness (QED) is 0.590. The van der Waals surface area contributed by atoms with Crippen molar-refractivity contribution in [1.29, 1.82) is 0 Å². The van der Waals surface area contributed by atoms with Gasteiger partial charge in [-0.05, 0) is 25.0 Å². The van der Waals surface area contributed by atoms with Crippen molar-refractivity contribution in [3.05, 3.63) is 29.3 Å². The Morgan fingerprint density at radius 2 is 1.95 bits per heavy atom. The van der Waals surface area contributed by atoms with E-state index in [4.69, 9.17) is 10.5 Å². The third-order valence-corrected chi connectivity index (χ3v) is 2.44. The minimum atomic E-state index is -0.934. The molecule has 0 saturated carbocycles. The molecule has 0 aliphatic heterocycles. The van der Waals surface area contributed by atoms with Gasteiger partial charge in [0, 0.05) is 25.3 Å². The molecule has 0 spiro atoms. The summed E-state index contributed by atoms with van der Waals surface area (Å²) in [5, 5.41) is 2.56. The zero-order chi connectivity index (χ0) is 14.3. The van der Waals surface area contributed by atoms with E-state index in [1.807, 2.05) is 6.92 Å². The van der Waals surface area contributed by atoms with E-state index in [-0.39, 0.29) is 5.56 Å². The van der Waals surface area contributed by atoms with Gasteiger partial charge in [0.15, 0.2) is 0 Å². The summed E-state index contributed by atoms with van der Waals surface area (Å²) in [6, 6.07) is 1.84. The number of ether oxygens (including phenoxy) is 1. The number of hydrogen-bond donors (Lipinski definition) is 2. The first kappa shape index (κ1) is 15.4. The Morgan fingerprint density at radius 1 is 1.32 bits per heavy atom. The molecule has 0 fully saturated rings. The van der Waals surface area contributed by atoms with Crippen LogP contribution in [0.5, 0.6) is 0 Å². The molecule has 1 aromatic rings. The lowest BCUT2D eigenvalue weighted by molar-refractivity contribution is 0.0940. The minimum absolute atomic E-state index is 0.0846. The Bertz CT molecular complexity index is 416.